The molecule has 2 aromatic carbocycles. The monoisotopic (exact) mass is 505 g/mol. The molecular formula is C28H31N3O6. The molecule has 37 heavy (non-hydrogen) atoms. The fraction of sp³-hybridized carbons (Fsp3) is 0.464. The smallest absolute Gasteiger partial charge is 0.269 e. The zero-order valence-corrected chi connectivity index (χ0v) is 20.8. The van der Waals surface area contributed by atoms with Gasteiger partial charge in [0.15, 0.2) is 11.5 Å². The molecule has 0 radical (unpaired) electrons. The molecule has 6 rings (SSSR count). The minimum absolute atomic E-state index is 0.0256. The van der Waals surface area contributed by atoms with Crippen LogP contribution in [0.4, 0.5) is 5.69 Å². The van der Waals surface area contributed by atoms with E-state index in [1.807, 2.05) is 12.1 Å². The molecule has 194 valence electrons. The van der Waals surface area contributed by atoms with Crippen LogP contribution >= 0.6 is 0 Å². The largest absolute Gasteiger partial charge is 0.504 e. The lowest BCUT2D eigenvalue weighted by molar-refractivity contribution is -0.384. The average Bonchev–Trinajstić information content (AvgIpc) is 3.23. The number of nitrogens with zero attached hydrogens (tertiary/aromatic N) is 3. The van der Waals surface area contributed by atoms with Gasteiger partial charge in [0, 0.05) is 37.3 Å². The maximum Gasteiger partial charge on any atom is 0.269 e. The van der Waals surface area contributed by atoms with Crippen molar-refractivity contribution >= 4 is 11.6 Å². The second-order valence-electron chi connectivity index (χ2n) is 10.8. The molecule has 1 spiro atoms. The summed E-state index contributed by atoms with van der Waals surface area (Å²) in [7, 11) is 1.74. The number of piperidine rings is 1. The molecule has 2 bridgehead atoms. The molecule has 2 aromatic rings. The number of likely N-dealkylation sites (N-methyl/N-ethyl adjacent to an activating group) is 1. The number of nitro groups is 1. The van der Waals surface area contributed by atoms with Crippen LogP contribution in [0.25, 0.3) is 0 Å². The molecule has 1 saturated carbocycles. The third kappa shape index (κ3) is 3.20. The minimum Gasteiger partial charge on any atom is -0.504 e. The van der Waals surface area contributed by atoms with Crippen molar-refractivity contribution in [3.05, 3.63) is 75.9 Å². The highest BCUT2D eigenvalue weighted by atomic mass is 16.6. The maximum absolute atomic E-state index is 13.4. The summed E-state index contributed by atoms with van der Waals surface area (Å²) in [5.41, 5.74) is 0.698. The van der Waals surface area contributed by atoms with Crippen molar-refractivity contribution in [1.82, 2.24) is 9.80 Å². The highest BCUT2D eigenvalue weighted by molar-refractivity contribution is 5.79. The summed E-state index contributed by atoms with van der Waals surface area (Å²) in [6.07, 6.45) is 3.73. The number of phenols is 1. The standard InChI is InChI=1S/C28H31N3O6/c1-3-12-30-13-11-27-24-18-7-8-21(32)25(24)37-26(27)20(9-10-28(27,34)22(30)16-18)29(2)23(33)15-17-5-4-6-19(14-17)31(35)36/h3-8,14,20,22,26,32,34H,1,9-13,15-16H2,2H3/t20-,22-,26+,27+,28-/m1/s1. The zero-order valence-electron chi connectivity index (χ0n) is 20.8. The maximum atomic E-state index is 13.4. The van der Waals surface area contributed by atoms with Crippen molar-refractivity contribution in [1.29, 1.82) is 0 Å². The first-order valence-corrected chi connectivity index (χ1v) is 12.8. The van der Waals surface area contributed by atoms with Crippen LogP contribution in [0.5, 0.6) is 11.5 Å². The molecule has 1 amide bonds. The molecule has 0 unspecified atom stereocenters. The van der Waals surface area contributed by atoms with Gasteiger partial charge in [-0.15, -0.1) is 6.58 Å². The first-order chi connectivity index (χ1) is 17.7. The quantitative estimate of drug-likeness (QED) is 0.352. The molecule has 0 aromatic heterocycles. The summed E-state index contributed by atoms with van der Waals surface area (Å²) >= 11 is 0. The SMILES string of the molecule is C=CCN1CC[C@]23c4c5ccc(O)c4O[C@H]2[C@H](N(C)C(=O)Cc2cccc([N+](=O)[O-])c2)CC[C@@]3(O)[C@H]1C5. The predicted octanol–water partition coefficient (Wildman–Crippen LogP) is 2.71. The van der Waals surface area contributed by atoms with Gasteiger partial charge in [0.2, 0.25) is 5.91 Å². The number of non-ortho nitro benzene ring substituents is 1. The van der Waals surface area contributed by atoms with E-state index in [0.29, 0.717) is 43.5 Å². The number of carbonyl (C=O) groups is 1. The summed E-state index contributed by atoms with van der Waals surface area (Å²) in [6, 6.07) is 9.29. The van der Waals surface area contributed by atoms with Crippen molar-refractivity contribution in [3.63, 3.8) is 0 Å². The number of likely N-dealkylation sites (tertiary alicyclic amines) is 1. The van der Waals surface area contributed by atoms with Gasteiger partial charge in [0.05, 0.1) is 28.4 Å². The van der Waals surface area contributed by atoms with Gasteiger partial charge in [-0.25, -0.2) is 0 Å². The van der Waals surface area contributed by atoms with Crippen LogP contribution in [0.2, 0.25) is 0 Å². The number of amides is 1. The van der Waals surface area contributed by atoms with Gasteiger partial charge in [-0.3, -0.25) is 19.8 Å². The Morgan fingerprint density at radius 3 is 2.92 bits per heavy atom. The van der Waals surface area contributed by atoms with Crippen molar-refractivity contribution in [3.8, 4) is 11.5 Å². The van der Waals surface area contributed by atoms with Crippen LogP contribution in [0.15, 0.2) is 49.1 Å². The highest BCUT2D eigenvalue weighted by Gasteiger charge is 2.73. The molecular weight excluding hydrogens is 474 g/mol. The van der Waals surface area contributed by atoms with Gasteiger partial charge in [-0.05, 0) is 49.4 Å². The van der Waals surface area contributed by atoms with Gasteiger partial charge in [0.1, 0.15) is 6.10 Å². The van der Waals surface area contributed by atoms with Crippen LogP contribution in [-0.4, -0.2) is 74.8 Å². The number of aromatic hydroxyl groups is 1. The van der Waals surface area contributed by atoms with E-state index in [2.05, 4.69) is 11.5 Å². The molecule has 5 atom stereocenters. The van der Waals surface area contributed by atoms with Crippen molar-refractivity contribution in [2.45, 2.75) is 61.3 Å². The van der Waals surface area contributed by atoms with Crippen LogP contribution in [0.1, 0.15) is 36.0 Å². The summed E-state index contributed by atoms with van der Waals surface area (Å²) in [5.74, 6) is 0.317. The Labute approximate surface area is 215 Å². The van der Waals surface area contributed by atoms with E-state index >= 15 is 0 Å². The number of ether oxygens (including phenoxy) is 1. The molecule has 9 nitrogen and oxygen atoms in total. The van der Waals surface area contributed by atoms with Crippen LogP contribution < -0.4 is 4.74 Å². The molecule has 4 aliphatic rings. The fourth-order valence-electron chi connectivity index (χ4n) is 7.65. The van der Waals surface area contributed by atoms with Crippen LogP contribution in [0, 0.1) is 10.1 Å². The fourth-order valence-corrected chi connectivity index (χ4v) is 7.65. The summed E-state index contributed by atoms with van der Waals surface area (Å²) < 4.78 is 6.52. The van der Waals surface area contributed by atoms with Gasteiger partial charge >= 0.3 is 0 Å². The Morgan fingerprint density at radius 2 is 2.16 bits per heavy atom. The van der Waals surface area contributed by atoms with Crippen molar-refractivity contribution in [2.24, 2.45) is 0 Å². The second-order valence-corrected chi connectivity index (χ2v) is 10.8. The summed E-state index contributed by atoms with van der Waals surface area (Å²) in [5, 5.41) is 34.4. The minimum atomic E-state index is -1.06. The number of rotatable bonds is 6. The molecule has 2 aliphatic heterocycles. The number of carbonyl (C=O) groups excluding carboxylic acids is 1. The summed E-state index contributed by atoms with van der Waals surface area (Å²) in [4.78, 5) is 28.1. The van der Waals surface area contributed by atoms with E-state index in [9.17, 15) is 25.1 Å². The Balaban J connectivity index is 1.37. The molecule has 2 fully saturated rings. The lowest BCUT2D eigenvalue weighted by Gasteiger charge is -2.64. The van der Waals surface area contributed by atoms with Crippen molar-refractivity contribution < 1.29 is 24.7 Å². The highest BCUT2D eigenvalue weighted by Crippen LogP contribution is 2.65. The average molecular weight is 506 g/mol. The number of phenolic OH excluding ortho intramolecular Hbond substituents is 1. The number of nitro benzene ring substituents is 1. The molecule has 2 heterocycles. The molecule has 2 N–H and O–H groups in total. The molecule has 9 heteroatoms. The second kappa shape index (κ2) is 8.29. The summed E-state index contributed by atoms with van der Waals surface area (Å²) in [6.45, 7) is 5.34. The molecule has 2 aliphatic carbocycles. The van der Waals surface area contributed by atoms with Crippen molar-refractivity contribution in [2.75, 3.05) is 20.1 Å². The van der Waals surface area contributed by atoms with E-state index in [1.165, 1.54) is 12.1 Å². The van der Waals surface area contributed by atoms with E-state index in [-0.39, 0.29) is 35.8 Å². The van der Waals surface area contributed by atoms with Gasteiger partial charge in [0.25, 0.3) is 5.69 Å². The normalized spacial score (nSPS) is 31.2. The van der Waals surface area contributed by atoms with Crippen LogP contribution in [-0.2, 0) is 23.1 Å². The first kappa shape index (κ1) is 23.9. The number of aliphatic hydroxyl groups is 1. The Bertz CT molecular complexity index is 1310. The molecule has 1 saturated heterocycles. The van der Waals surface area contributed by atoms with E-state index < -0.39 is 22.0 Å². The number of hydrogen-bond acceptors (Lipinski definition) is 7. The zero-order chi connectivity index (χ0) is 26.1. The van der Waals surface area contributed by atoms with Crippen LogP contribution in [0.3, 0.4) is 0 Å². The first-order valence-electron chi connectivity index (χ1n) is 12.8. The van der Waals surface area contributed by atoms with Gasteiger partial charge < -0.3 is 19.8 Å². The third-order valence-corrected chi connectivity index (χ3v) is 9.27. The Morgan fingerprint density at radius 1 is 1.35 bits per heavy atom. The Hall–Kier alpha value is -3.43. The van der Waals surface area contributed by atoms with Gasteiger partial charge in [-0.1, -0.05) is 24.3 Å². The van der Waals surface area contributed by atoms with E-state index in [4.69, 9.17) is 4.74 Å². The lowest BCUT2D eigenvalue weighted by atomic mass is 9.48. The number of hydrogen-bond donors (Lipinski definition) is 2. The lowest BCUT2D eigenvalue weighted by Crippen LogP contribution is -2.78. The number of benzene rings is 2. The Kier molecular flexibility index (Phi) is 5.36. The topological polar surface area (TPSA) is 116 Å². The predicted molar refractivity (Wildman–Crippen MR) is 136 cm³/mol. The van der Waals surface area contributed by atoms with Gasteiger partial charge in [-0.2, -0.15) is 0 Å². The van der Waals surface area contributed by atoms with E-state index in [0.717, 1.165) is 17.7 Å². The van der Waals surface area contributed by atoms with E-state index in [1.54, 1.807) is 30.1 Å². The third-order valence-electron chi connectivity index (χ3n) is 9.27.